The van der Waals surface area contributed by atoms with Crippen LogP contribution >= 0.6 is 0 Å². The minimum absolute atomic E-state index is 0.619. The van der Waals surface area contributed by atoms with Gasteiger partial charge in [-0.1, -0.05) is 18.2 Å². The molecule has 1 nitrogen and oxygen atoms in total. The van der Waals surface area contributed by atoms with Gasteiger partial charge < -0.3 is 4.48 Å². The average Bonchev–Trinajstić information content (AvgIpc) is 2.34. The van der Waals surface area contributed by atoms with E-state index >= 15 is 0 Å². The first-order valence-corrected chi connectivity index (χ1v) is 4.19. The van der Waals surface area contributed by atoms with Gasteiger partial charge in [0.05, 0.1) is 21.1 Å². The van der Waals surface area contributed by atoms with Crippen LogP contribution in [0, 0.1) is 0 Å². The van der Waals surface area contributed by atoms with Crippen LogP contribution in [0.4, 0.5) is 0 Å². The van der Waals surface area contributed by atoms with Crippen molar-refractivity contribution >= 4 is 0 Å². The Balaban J connectivity index is 2.68. The summed E-state index contributed by atoms with van der Waals surface area (Å²) in [4.78, 5) is 0. The summed E-state index contributed by atoms with van der Waals surface area (Å²) in [6.07, 6.45) is 7.91. The van der Waals surface area contributed by atoms with E-state index in [9.17, 15) is 0 Å². The van der Waals surface area contributed by atoms with E-state index in [1.54, 1.807) is 0 Å². The zero-order chi connectivity index (χ0) is 8.48. The molecule has 11 heavy (non-hydrogen) atoms. The topological polar surface area (TPSA) is 0 Å². The fraction of sp³-hybridized carbons (Fsp3) is 0.600. The molecule has 1 atom stereocenters. The van der Waals surface area contributed by atoms with Gasteiger partial charge in [-0.25, -0.2) is 0 Å². The summed E-state index contributed by atoms with van der Waals surface area (Å²) in [7, 11) is 6.70. The van der Waals surface area contributed by atoms with Gasteiger partial charge in [0.15, 0.2) is 0 Å². The van der Waals surface area contributed by atoms with Gasteiger partial charge in [-0.05, 0) is 13.3 Å². The number of nitrogens with zero attached hydrogens (tertiary/aromatic N) is 1. The quantitative estimate of drug-likeness (QED) is 0.531. The normalized spacial score (nSPS) is 20.2. The maximum Gasteiger partial charge on any atom is 0.111 e. The first-order valence-electron chi connectivity index (χ1n) is 4.19. The van der Waals surface area contributed by atoms with Crippen LogP contribution in [0.3, 0.4) is 0 Å². The van der Waals surface area contributed by atoms with Crippen LogP contribution in [0.5, 0.6) is 0 Å². The minimum atomic E-state index is 0.619. The third-order valence-corrected chi connectivity index (χ3v) is 2.44. The first kappa shape index (κ1) is 8.54. The molecule has 62 valence electrons. The lowest BCUT2D eigenvalue weighted by molar-refractivity contribution is -0.888. The summed E-state index contributed by atoms with van der Waals surface area (Å²) >= 11 is 0. The van der Waals surface area contributed by atoms with Crippen molar-refractivity contribution in [2.75, 3.05) is 21.1 Å². The van der Waals surface area contributed by atoms with E-state index in [2.05, 4.69) is 46.3 Å². The molecule has 0 aliphatic heterocycles. The Bertz CT molecular complexity index is 193. The summed E-state index contributed by atoms with van der Waals surface area (Å²) in [5.74, 6) is 0. The summed E-state index contributed by atoms with van der Waals surface area (Å²) in [6, 6.07) is 0.619. The molecule has 0 amide bonds. The standard InChI is InChI=1S/C10H18N/c1-9(11(2,3)4)10-7-5-6-8-10/h5,7-9H,6H2,1-4H3/q+1/t9-/m1/s1. The van der Waals surface area contributed by atoms with Gasteiger partial charge >= 0.3 is 0 Å². The second-order valence-corrected chi connectivity index (χ2v) is 4.13. The van der Waals surface area contributed by atoms with Crippen molar-refractivity contribution in [3.05, 3.63) is 23.8 Å². The lowest BCUT2D eigenvalue weighted by Crippen LogP contribution is -2.43. The molecular formula is C10H18N+. The van der Waals surface area contributed by atoms with Crippen LogP contribution in [0.25, 0.3) is 0 Å². The maximum atomic E-state index is 2.31. The van der Waals surface area contributed by atoms with Crippen LogP contribution in [0.2, 0.25) is 0 Å². The highest BCUT2D eigenvalue weighted by Crippen LogP contribution is 2.19. The smallest absolute Gasteiger partial charge is 0.111 e. The van der Waals surface area contributed by atoms with Gasteiger partial charge in [-0.2, -0.15) is 0 Å². The second kappa shape index (κ2) is 2.82. The molecule has 1 rings (SSSR count). The number of likely N-dealkylation sites (N-methyl/N-ethyl adjacent to an activating group) is 1. The largest absolute Gasteiger partial charge is 0.325 e. The fourth-order valence-electron chi connectivity index (χ4n) is 1.23. The third-order valence-electron chi connectivity index (χ3n) is 2.44. The van der Waals surface area contributed by atoms with Crippen molar-refractivity contribution in [3.8, 4) is 0 Å². The predicted octanol–water partition coefficient (Wildman–Crippen LogP) is 1.97. The Morgan fingerprint density at radius 1 is 1.36 bits per heavy atom. The number of hydrogen-bond acceptors (Lipinski definition) is 0. The molecule has 0 aromatic rings. The van der Waals surface area contributed by atoms with Crippen molar-refractivity contribution in [2.24, 2.45) is 0 Å². The van der Waals surface area contributed by atoms with E-state index in [1.165, 1.54) is 5.57 Å². The number of allylic oxidation sites excluding steroid dienone is 2. The lowest BCUT2D eigenvalue weighted by Gasteiger charge is -2.31. The molecule has 1 aliphatic carbocycles. The highest BCUT2D eigenvalue weighted by Gasteiger charge is 2.21. The van der Waals surface area contributed by atoms with Crippen LogP contribution in [-0.4, -0.2) is 31.7 Å². The van der Waals surface area contributed by atoms with Gasteiger partial charge in [0.25, 0.3) is 0 Å². The predicted molar refractivity (Wildman–Crippen MR) is 49.3 cm³/mol. The van der Waals surface area contributed by atoms with Crippen LogP contribution in [0.15, 0.2) is 23.8 Å². The van der Waals surface area contributed by atoms with Gasteiger partial charge in [0.1, 0.15) is 6.04 Å². The van der Waals surface area contributed by atoms with Crippen molar-refractivity contribution < 1.29 is 4.48 Å². The Hall–Kier alpha value is -0.560. The molecule has 0 fully saturated rings. The maximum absolute atomic E-state index is 2.31. The Labute approximate surface area is 69.6 Å². The van der Waals surface area contributed by atoms with Crippen molar-refractivity contribution in [2.45, 2.75) is 19.4 Å². The summed E-state index contributed by atoms with van der Waals surface area (Å²) in [5, 5.41) is 0. The van der Waals surface area contributed by atoms with E-state index < -0.39 is 0 Å². The highest BCUT2D eigenvalue weighted by molar-refractivity contribution is 5.28. The molecule has 0 bridgehead atoms. The van der Waals surface area contributed by atoms with Gasteiger partial charge in [-0.15, -0.1) is 0 Å². The van der Waals surface area contributed by atoms with E-state index in [1.807, 2.05) is 0 Å². The SMILES string of the molecule is C[C@H](C1=CCC=C1)[N+](C)(C)C. The fourth-order valence-corrected chi connectivity index (χ4v) is 1.23. The molecular weight excluding hydrogens is 134 g/mol. The van der Waals surface area contributed by atoms with Crippen molar-refractivity contribution in [1.82, 2.24) is 0 Å². The number of quaternary nitrogens is 1. The van der Waals surface area contributed by atoms with Crippen LogP contribution in [0.1, 0.15) is 13.3 Å². The zero-order valence-electron chi connectivity index (χ0n) is 7.96. The van der Waals surface area contributed by atoms with Gasteiger partial charge in [0, 0.05) is 5.57 Å². The Morgan fingerprint density at radius 3 is 2.36 bits per heavy atom. The first-order chi connectivity index (χ1) is 5.02. The monoisotopic (exact) mass is 152 g/mol. The molecule has 0 spiro atoms. The summed E-state index contributed by atoms with van der Waals surface area (Å²) < 4.78 is 1.01. The molecule has 0 saturated heterocycles. The second-order valence-electron chi connectivity index (χ2n) is 4.13. The molecule has 0 saturated carbocycles. The highest BCUT2D eigenvalue weighted by atomic mass is 15.3. The molecule has 0 aromatic carbocycles. The molecule has 1 heteroatoms. The number of hydrogen-bond donors (Lipinski definition) is 0. The van der Waals surface area contributed by atoms with Crippen LogP contribution in [-0.2, 0) is 0 Å². The average molecular weight is 152 g/mol. The van der Waals surface area contributed by atoms with Gasteiger partial charge in [0.2, 0.25) is 0 Å². The van der Waals surface area contributed by atoms with Crippen molar-refractivity contribution in [3.63, 3.8) is 0 Å². The summed E-state index contributed by atoms with van der Waals surface area (Å²) in [6.45, 7) is 2.28. The zero-order valence-corrected chi connectivity index (χ0v) is 7.96. The van der Waals surface area contributed by atoms with E-state index in [4.69, 9.17) is 0 Å². The molecule has 1 aliphatic rings. The van der Waals surface area contributed by atoms with E-state index in [-0.39, 0.29) is 0 Å². The molecule has 0 unspecified atom stereocenters. The van der Waals surface area contributed by atoms with E-state index in [0.717, 1.165) is 10.9 Å². The minimum Gasteiger partial charge on any atom is -0.325 e. The van der Waals surface area contributed by atoms with E-state index in [0.29, 0.717) is 6.04 Å². The van der Waals surface area contributed by atoms with Gasteiger partial charge in [-0.3, -0.25) is 0 Å². The van der Waals surface area contributed by atoms with Crippen molar-refractivity contribution in [1.29, 1.82) is 0 Å². The molecule has 0 N–H and O–H groups in total. The van der Waals surface area contributed by atoms with Crippen LogP contribution < -0.4 is 0 Å². The third kappa shape index (κ3) is 1.93. The summed E-state index contributed by atoms with van der Waals surface area (Å²) in [5.41, 5.74) is 1.48. The Morgan fingerprint density at radius 2 is 2.00 bits per heavy atom. The molecule has 0 aromatic heterocycles. The Kier molecular flexibility index (Phi) is 2.19. The number of rotatable bonds is 2. The lowest BCUT2D eigenvalue weighted by atomic mass is 10.1. The molecule has 0 radical (unpaired) electrons. The molecule has 0 heterocycles.